The Labute approximate surface area is 148 Å². The van der Waals surface area contributed by atoms with Gasteiger partial charge in [-0.3, -0.25) is 4.79 Å². The number of fused-ring (bicyclic) bond motifs is 1. The second kappa shape index (κ2) is 7.04. The summed E-state index contributed by atoms with van der Waals surface area (Å²) in [6.07, 6.45) is 7.90. The van der Waals surface area contributed by atoms with Crippen LogP contribution in [0.3, 0.4) is 0 Å². The summed E-state index contributed by atoms with van der Waals surface area (Å²) in [5.41, 5.74) is 2.01. The van der Waals surface area contributed by atoms with Gasteiger partial charge in [-0.2, -0.15) is 0 Å². The van der Waals surface area contributed by atoms with E-state index in [-0.39, 0.29) is 11.9 Å². The highest BCUT2D eigenvalue weighted by atomic mass is 16.5. The zero-order valence-corrected chi connectivity index (χ0v) is 14.5. The van der Waals surface area contributed by atoms with Gasteiger partial charge in [0.2, 0.25) is 5.91 Å². The van der Waals surface area contributed by atoms with E-state index in [2.05, 4.69) is 18.7 Å². The predicted octanol–water partition coefficient (Wildman–Crippen LogP) is 4.15. The van der Waals surface area contributed by atoms with Crippen LogP contribution in [0, 0.1) is 11.8 Å². The Kier molecular flexibility index (Phi) is 4.62. The fourth-order valence-electron chi connectivity index (χ4n) is 4.26. The molecule has 1 amide bonds. The van der Waals surface area contributed by atoms with Crippen molar-refractivity contribution in [1.82, 2.24) is 4.90 Å². The molecule has 4 nitrogen and oxygen atoms in total. The molecule has 1 aliphatic carbocycles. The SMILES string of the molecule is C=CC(=O)N(Cc1ccc2occc2c1)C(C1CCC1)C1CCOC1. The lowest BCUT2D eigenvalue weighted by molar-refractivity contribution is -0.132. The first-order chi connectivity index (χ1) is 12.3. The van der Waals surface area contributed by atoms with Crippen LogP contribution in [0.25, 0.3) is 11.0 Å². The minimum atomic E-state index is 0.0242. The van der Waals surface area contributed by atoms with E-state index in [1.807, 2.05) is 17.0 Å². The number of ether oxygens (including phenoxy) is 1. The van der Waals surface area contributed by atoms with Gasteiger partial charge in [0.15, 0.2) is 0 Å². The summed E-state index contributed by atoms with van der Waals surface area (Å²) in [6.45, 7) is 5.93. The lowest BCUT2D eigenvalue weighted by atomic mass is 9.73. The van der Waals surface area contributed by atoms with E-state index in [1.54, 1.807) is 6.26 Å². The van der Waals surface area contributed by atoms with Gasteiger partial charge in [-0.05, 0) is 55.0 Å². The molecule has 2 unspecified atom stereocenters. The minimum Gasteiger partial charge on any atom is -0.464 e. The van der Waals surface area contributed by atoms with Crippen molar-refractivity contribution in [1.29, 1.82) is 0 Å². The molecular weight excluding hydrogens is 314 g/mol. The van der Waals surface area contributed by atoms with Crippen molar-refractivity contribution >= 4 is 16.9 Å². The highest BCUT2D eigenvalue weighted by Crippen LogP contribution is 2.39. The topological polar surface area (TPSA) is 42.7 Å². The van der Waals surface area contributed by atoms with Crippen LogP contribution in [-0.2, 0) is 16.1 Å². The Balaban J connectivity index is 1.63. The molecule has 0 N–H and O–H groups in total. The molecule has 1 saturated heterocycles. The third-order valence-corrected chi connectivity index (χ3v) is 5.77. The van der Waals surface area contributed by atoms with Crippen LogP contribution in [-0.4, -0.2) is 30.1 Å². The van der Waals surface area contributed by atoms with Crippen LogP contribution in [0.4, 0.5) is 0 Å². The zero-order valence-electron chi connectivity index (χ0n) is 14.5. The molecule has 0 bridgehead atoms. The zero-order chi connectivity index (χ0) is 17.2. The van der Waals surface area contributed by atoms with E-state index < -0.39 is 0 Å². The van der Waals surface area contributed by atoms with E-state index in [0.717, 1.165) is 36.2 Å². The van der Waals surface area contributed by atoms with Gasteiger partial charge in [-0.25, -0.2) is 0 Å². The van der Waals surface area contributed by atoms with Gasteiger partial charge >= 0.3 is 0 Å². The van der Waals surface area contributed by atoms with Crippen molar-refractivity contribution in [3.05, 3.63) is 48.7 Å². The maximum absolute atomic E-state index is 12.7. The third kappa shape index (κ3) is 3.23. The van der Waals surface area contributed by atoms with Crippen molar-refractivity contribution in [3.8, 4) is 0 Å². The molecule has 1 aromatic carbocycles. The van der Waals surface area contributed by atoms with Crippen LogP contribution < -0.4 is 0 Å². The smallest absolute Gasteiger partial charge is 0.246 e. The molecule has 1 aliphatic heterocycles. The van der Waals surface area contributed by atoms with Gasteiger partial charge in [0, 0.05) is 30.5 Å². The highest BCUT2D eigenvalue weighted by molar-refractivity contribution is 5.87. The molecule has 2 aliphatic rings. The molecular formula is C21H25NO3. The summed E-state index contributed by atoms with van der Waals surface area (Å²) in [5.74, 6) is 1.05. The first-order valence-corrected chi connectivity index (χ1v) is 9.23. The fraction of sp³-hybridized carbons (Fsp3) is 0.476. The predicted molar refractivity (Wildman–Crippen MR) is 97.0 cm³/mol. The van der Waals surface area contributed by atoms with Crippen molar-refractivity contribution in [2.24, 2.45) is 11.8 Å². The molecule has 4 heteroatoms. The minimum absolute atomic E-state index is 0.0242. The Hall–Kier alpha value is -2.07. The maximum atomic E-state index is 12.7. The van der Waals surface area contributed by atoms with Gasteiger partial charge in [-0.15, -0.1) is 0 Å². The Morgan fingerprint density at radius 1 is 1.28 bits per heavy atom. The Bertz CT molecular complexity index is 755. The normalized spacial score (nSPS) is 21.8. The number of carbonyl (C=O) groups is 1. The molecule has 2 fully saturated rings. The molecule has 0 spiro atoms. The largest absolute Gasteiger partial charge is 0.464 e. The van der Waals surface area contributed by atoms with E-state index in [0.29, 0.717) is 18.4 Å². The average molecular weight is 339 g/mol. The maximum Gasteiger partial charge on any atom is 0.246 e. The number of carbonyl (C=O) groups excluding carboxylic acids is 1. The second-order valence-electron chi connectivity index (χ2n) is 7.27. The van der Waals surface area contributed by atoms with Gasteiger partial charge in [0.05, 0.1) is 12.9 Å². The van der Waals surface area contributed by atoms with Crippen molar-refractivity contribution < 1.29 is 13.9 Å². The van der Waals surface area contributed by atoms with E-state index >= 15 is 0 Å². The van der Waals surface area contributed by atoms with Gasteiger partial charge in [-0.1, -0.05) is 19.1 Å². The molecule has 132 valence electrons. The standard InChI is InChI=1S/C21H25NO3/c1-2-20(23)22(13-15-6-7-19-17(12-15)9-11-25-19)21(16-4-3-5-16)18-8-10-24-14-18/h2,6-7,9,11-12,16,18,21H,1,3-5,8,10,13-14H2. The molecule has 2 atom stereocenters. The van der Waals surface area contributed by atoms with Crippen LogP contribution in [0.1, 0.15) is 31.2 Å². The molecule has 1 saturated carbocycles. The molecule has 25 heavy (non-hydrogen) atoms. The quantitative estimate of drug-likeness (QED) is 0.743. The summed E-state index contributed by atoms with van der Waals surface area (Å²) in [7, 11) is 0. The number of amides is 1. The summed E-state index contributed by atoms with van der Waals surface area (Å²) in [5, 5.41) is 1.08. The third-order valence-electron chi connectivity index (χ3n) is 5.77. The number of nitrogens with zero attached hydrogens (tertiary/aromatic N) is 1. The lowest BCUT2D eigenvalue weighted by Gasteiger charge is -2.44. The summed E-state index contributed by atoms with van der Waals surface area (Å²) < 4.78 is 11.1. The van der Waals surface area contributed by atoms with Gasteiger partial charge in [0.25, 0.3) is 0 Å². The first-order valence-electron chi connectivity index (χ1n) is 9.23. The number of hydrogen-bond donors (Lipinski definition) is 0. The van der Waals surface area contributed by atoms with Crippen LogP contribution in [0.5, 0.6) is 0 Å². The van der Waals surface area contributed by atoms with Crippen LogP contribution in [0.15, 0.2) is 47.6 Å². The lowest BCUT2D eigenvalue weighted by Crippen LogP contribution is -2.50. The van der Waals surface area contributed by atoms with E-state index in [4.69, 9.17) is 9.15 Å². The van der Waals surface area contributed by atoms with Crippen molar-refractivity contribution in [3.63, 3.8) is 0 Å². The molecule has 2 aromatic rings. The van der Waals surface area contributed by atoms with E-state index in [1.165, 1.54) is 25.3 Å². The van der Waals surface area contributed by atoms with Crippen molar-refractivity contribution in [2.75, 3.05) is 13.2 Å². The molecule has 2 heterocycles. The average Bonchev–Trinajstić information content (AvgIpc) is 3.26. The molecule has 0 radical (unpaired) electrons. The van der Waals surface area contributed by atoms with Crippen molar-refractivity contribution in [2.45, 2.75) is 38.3 Å². The second-order valence-corrected chi connectivity index (χ2v) is 7.27. The highest BCUT2D eigenvalue weighted by Gasteiger charge is 2.40. The molecule has 4 rings (SSSR count). The summed E-state index contributed by atoms with van der Waals surface area (Å²) >= 11 is 0. The number of hydrogen-bond acceptors (Lipinski definition) is 3. The summed E-state index contributed by atoms with van der Waals surface area (Å²) in [6, 6.07) is 8.37. The number of rotatable bonds is 6. The fourth-order valence-corrected chi connectivity index (χ4v) is 4.26. The van der Waals surface area contributed by atoms with Crippen LogP contribution in [0.2, 0.25) is 0 Å². The summed E-state index contributed by atoms with van der Waals surface area (Å²) in [4.78, 5) is 14.8. The van der Waals surface area contributed by atoms with Gasteiger partial charge < -0.3 is 14.1 Å². The van der Waals surface area contributed by atoms with E-state index in [9.17, 15) is 4.79 Å². The van der Waals surface area contributed by atoms with Gasteiger partial charge in [0.1, 0.15) is 5.58 Å². The Morgan fingerprint density at radius 2 is 2.16 bits per heavy atom. The monoisotopic (exact) mass is 339 g/mol. The first kappa shape index (κ1) is 16.4. The number of benzene rings is 1. The Morgan fingerprint density at radius 3 is 2.84 bits per heavy atom. The van der Waals surface area contributed by atoms with Crippen LogP contribution >= 0.6 is 0 Å². The molecule has 1 aromatic heterocycles. The number of furan rings is 1.